The first kappa shape index (κ1) is 128. The first-order chi connectivity index (χ1) is 61.3. The minimum atomic E-state index is -0.160. The van der Waals surface area contributed by atoms with Crippen LogP contribution in [0.5, 0.6) is 0 Å². The zero-order valence-corrected chi connectivity index (χ0v) is 102. The summed E-state index contributed by atoms with van der Waals surface area (Å²) in [6.07, 6.45) is 1.05. The Bertz CT molecular complexity index is 4620. The van der Waals surface area contributed by atoms with Crippen molar-refractivity contribution in [3.63, 3.8) is 0 Å². The lowest BCUT2D eigenvalue weighted by molar-refractivity contribution is 0.0877. The van der Waals surface area contributed by atoms with E-state index in [9.17, 15) is 0 Å². The van der Waals surface area contributed by atoms with Gasteiger partial charge in [0, 0.05) is 110 Å². The zero-order valence-electron chi connectivity index (χ0n) is 99.3. The Labute approximate surface area is 845 Å². The number of thiazole rings is 3. The molecule has 0 atom stereocenters. The fourth-order valence-corrected chi connectivity index (χ4v) is 20.2. The summed E-state index contributed by atoms with van der Waals surface area (Å²) in [7, 11) is 19.3. The number of hydrogen-bond donors (Lipinski definition) is 0. The molecule has 9 rings (SSSR count). The molecule has 136 heavy (non-hydrogen) atoms. The fraction of sp³-hybridized carbons (Fsp3) is 0.748. The van der Waals surface area contributed by atoms with E-state index in [1.165, 1.54) is 64.8 Å². The molecule has 0 spiro atoms. The fourth-order valence-electron chi connectivity index (χ4n) is 17.1. The highest BCUT2D eigenvalue weighted by Crippen LogP contribution is 2.42. The Morgan fingerprint density at radius 1 is 0.279 bits per heavy atom. The van der Waals surface area contributed by atoms with Gasteiger partial charge in [-0.15, -0.1) is 34.0 Å². The number of furan rings is 1. The van der Waals surface area contributed by atoms with E-state index in [2.05, 4.69) is 475 Å². The van der Waals surface area contributed by atoms with Gasteiger partial charge >= 0.3 is 0 Å². The standard InChI is InChI=1S/C14H25NO.C13H24N2.4C12H22N2O.3C12H22N2S/c1-9(2)15(8)14(6,7)13-10(3)11(4)16-12(13)5;1-9(2)15(7)13(5,6)12-10(3)8-11(4)14-12;1-8(2)14(7)12(5,6)11-9(3)13-10(4)15-11;1-8(2)14(7)12(5,6)11-13-9(3)10(4)15-11;1-8(2)14(7)12(5,6)11-9(3)10(4)15-13-11;1-8(2)14(7)12(5,6)11-9(3)10(4)13-15-11;1-8(2)14(7)12(5,6)11-9(3)15-10(4)13-11;1-8(2)14(7)12(5,6)11-9(3)13-10(4)15-11;1-8(2)14(7)12(5,6)11-13-9(3)10(4)15-11/h9H,1-8H3;9H,8H2,1-7H3;7*8H,1-7H3. The van der Waals surface area contributed by atoms with Crippen LogP contribution < -0.4 is 0 Å². The van der Waals surface area contributed by atoms with Crippen LogP contribution in [-0.2, 0) is 44.3 Å². The first-order valence-corrected chi connectivity index (χ1v) is 52.3. The third-order valence-corrected chi connectivity index (χ3v) is 33.5. The van der Waals surface area contributed by atoms with Crippen molar-refractivity contribution in [1.82, 2.24) is 79.3 Å². The van der Waals surface area contributed by atoms with Crippen molar-refractivity contribution < 1.29 is 22.3 Å². The minimum absolute atomic E-state index is 0.0140. The molecule has 8 aromatic heterocycles. The van der Waals surface area contributed by atoms with Crippen molar-refractivity contribution >= 4 is 39.7 Å². The molecule has 0 bridgehead atoms. The maximum atomic E-state index is 5.73. The van der Waals surface area contributed by atoms with E-state index in [1.54, 1.807) is 11.3 Å². The molecule has 0 aromatic carbocycles. The second-order valence-corrected chi connectivity index (χ2v) is 49.2. The van der Waals surface area contributed by atoms with Crippen molar-refractivity contribution in [2.24, 2.45) is 4.99 Å². The van der Waals surface area contributed by atoms with Crippen molar-refractivity contribution in [3.8, 4) is 0 Å². The second kappa shape index (κ2) is 51.3. The van der Waals surface area contributed by atoms with Gasteiger partial charge in [-0.05, 0) is 448 Å². The van der Waals surface area contributed by atoms with E-state index in [1.807, 2.05) is 71.1 Å². The van der Waals surface area contributed by atoms with E-state index in [0.717, 1.165) is 96.7 Å². The number of aryl methyl sites for hydroxylation is 14. The Kier molecular flexibility index (Phi) is 48.3. The van der Waals surface area contributed by atoms with Gasteiger partial charge in [-0.1, -0.05) is 10.3 Å². The summed E-state index contributed by atoms with van der Waals surface area (Å²) >= 11 is 5.42. The molecule has 1 aliphatic rings. The van der Waals surface area contributed by atoms with E-state index < -0.39 is 0 Å². The number of allylic oxidation sites excluding steroid dienone is 1. The largest absolute Gasteiger partial charge is 0.466 e. The molecule has 0 saturated heterocycles. The van der Waals surface area contributed by atoms with Gasteiger partial charge in [0.2, 0.25) is 5.89 Å². The molecule has 0 aliphatic carbocycles. The number of rotatable bonds is 27. The number of hydrogen-bond acceptors (Lipinski definition) is 25. The molecule has 0 radical (unpaired) electrons. The Morgan fingerprint density at radius 3 is 0.985 bits per heavy atom. The first-order valence-electron chi connectivity index (χ1n) is 49.8. The molecule has 22 nitrogen and oxygen atoms in total. The van der Waals surface area contributed by atoms with Crippen molar-refractivity contribution in [1.29, 1.82) is 0 Å². The van der Waals surface area contributed by atoms with Crippen LogP contribution in [0.4, 0.5) is 0 Å². The topological polar surface area (TPSA) is 197 Å². The average molecular weight is 1950 g/mol. The Balaban J connectivity index is 0.000000765. The van der Waals surface area contributed by atoms with E-state index in [0.29, 0.717) is 54.4 Å². The van der Waals surface area contributed by atoms with Crippen LogP contribution in [0.25, 0.3) is 0 Å². The van der Waals surface area contributed by atoms with Gasteiger partial charge in [-0.2, -0.15) is 0 Å². The minimum Gasteiger partial charge on any atom is -0.466 e. The predicted molar refractivity (Wildman–Crippen MR) is 586 cm³/mol. The quantitative estimate of drug-likeness (QED) is 0.0470. The molecule has 1 aliphatic heterocycles. The van der Waals surface area contributed by atoms with Gasteiger partial charge in [0.15, 0.2) is 11.7 Å². The summed E-state index contributed by atoms with van der Waals surface area (Å²) < 4.78 is 27.8. The van der Waals surface area contributed by atoms with Gasteiger partial charge < -0.3 is 22.3 Å². The van der Waals surface area contributed by atoms with E-state index in [4.69, 9.17) is 27.3 Å². The lowest BCUT2D eigenvalue weighted by Crippen LogP contribution is -2.46. The number of oxazole rings is 2. The zero-order chi connectivity index (χ0) is 107. The molecule has 0 N–H and O–H groups in total. The summed E-state index contributed by atoms with van der Waals surface area (Å²) in [6.45, 7) is 119. The maximum Gasteiger partial charge on any atom is 0.214 e. The van der Waals surface area contributed by atoms with Crippen LogP contribution >= 0.6 is 34.0 Å². The maximum absolute atomic E-state index is 5.73. The molecule has 780 valence electrons. The number of aliphatic imine (C=N–C) groups is 1. The summed E-state index contributed by atoms with van der Waals surface area (Å²) in [5, 5.41) is 11.7. The predicted octanol–water partition coefficient (Wildman–Crippen LogP) is 28.5. The van der Waals surface area contributed by atoms with Crippen molar-refractivity contribution in [3.05, 3.63) is 149 Å². The van der Waals surface area contributed by atoms with E-state index in [-0.39, 0.29) is 49.9 Å². The van der Waals surface area contributed by atoms with Crippen molar-refractivity contribution in [2.75, 3.05) is 63.4 Å². The highest BCUT2D eigenvalue weighted by Gasteiger charge is 2.41. The van der Waals surface area contributed by atoms with Crippen LogP contribution in [0.2, 0.25) is 0 Å². The summed E-state index contributed by atoms with van der Waals surface area (Å²) in [6, 6.07) is 4.56. The molecule has 8 aromatic rings. The lowest BCUT2D eigenvalue weighted by atomic mass is 9.88. The van der Waals surface area contributed by atoms with Crippen LogP contribution in [0.15, 0.2) is 38.6 Å². The highest BCUT2D eigenvalue weighted by molar-refractivity contribution is 7.12. The Hall–Kier alpha value is -5.94. The monoisotopic (exact) mass is 1950 g/mol. The molecule has 0 fully saturated rings. The molecule has 0 unspecified atom stereocenters. The molecule has 9 heterocycles. The lowest BCUT2D eigenvalue weighted by Gasteiger charge is -2.39. The normalized spacial score (nSPS) is 13.4. The SMILES string of the molecule is CC1=NC(C(C)(C)N(C)C(C)C)=C(C)C1.Cc1nc(C(C)(C)N(C)C(C)C)c(C)s1.Cc1nc(C(C)(C)N(C)C(C)C)oc1C.Cc1nc(C(C)(C)N(C)C(C)C)sc1C.Cc1nc(C)c(C(C)(C)N(C)C(C)C)o1.Cc1nc(C)c(C(C)(C)N(C)C(C)C)s1.Cc1noc(C(C)(C)N(C)C(C)C)c1C.Cc1oc(C)c(C(C)(C)N(C)C(C)C)c1C.Cc1onc(C(C)(C)N(C)C(C)C)c1C. The van der Waals surface area contributed by atoms with Crippen LogP contribution in [0, 0.1) is 118 Å². The highest BCUT2D eigenvalue weighted by atomic mass is 32.1. The van der Waals surface area contributed by atoms with Crippen LogP contribution in [0.1, 0.15) is 408 Å². The van der Waals surface area contributed by atoms with Gasteiger partial charge in [0.05, 0.1) is 94.2 Å². The number of aromatic nitrogens is 7. The molecule has 0 saturated carbocycles. The van der Waals surface area contributed by atoms with Crippen LogP contribution in [-0.4, -0.2) is 208 Å². The second-order valence-electron chi connectivity index (χ2n) is 45.4. The van der Waals surface area contributed by atoms with Gasteiger partial charge in [-0.3, -0.25) is 49.1 Å². The number of nitrogens with zero attached hydrogens (tertiary/aromatic N) is 17. The van der Waals surface area contributed by atoms with Crippen molar-refractivity contribution in [2.45, 2.75) is 491 Å². The smallest absolute Gasteiger partial charge is 0.214 e. The average Bonchev–Trinajstić information content (AvgIpc) is 1.62. The summed E-state index contributed by atoms with van der Waals surface area (Å²) in [5.74, 6) is 7.39. The van der Waals surface area contributed by atoms with Gasteiger partial charge in [0.1, 0.15) is 39.5 Å². The number of likely N-dealkylation sites (N-methyl/N-ethyl adjacent to an activating group) is 1. The van der Waals surface area contributed by atoms with Gasteiger partial charge in [0.25, 0.3) is 0 Å². The molecule has 0 amide bonds. The molecular formula is C111H203N17O5S3. The molecular weight excluding hydrogens is 1750 g/mol. The third kappa shape index (κ3) is 32.5. The summed E-state index contributed by atoms with van der Waals surface area (Å²) in [4.78, 5) is 52.4. The van der Waals surface area contributed by atoms with Crippen LogP contribution in [0.3, 0.4) is 0 Å². The van der Waals surface area contributed by atoms with Gasteiger partial charge in [-0.25, -0.2) is 24.9 Å². The Morgan fingerprint density at radius 2 is 0.669 bits per heavy atom. The van der Waals surface area contributed by atoms with E-state index >= 15 is 0 Å². The third-order valence-electron chi connectivity index (χ3n) is 29.8. The summed E-state index contributed by atoms with van der Waals surface area (Å²) in [5.41, 5.74) is 16.1. The molecule has 25 heteroatoms.